The summed E-state index contributed by atoms with van der Waals surface area (Å²) in [5, 5.41) is 9.00. The maximum atomic E-state index is 9.78. The summed E-state index contributed by atoms with van der Waals surface area (Å²) in [7, 11) is 1.56. The van der Waals surface area contributed by atoms with Crippen LogP contribution in [0.1, 0.15) is 6.42 Å². The van der Waals surface area contributed by atoms with Crippen LogP contribution in [0.15, 0.2) is 4.99 Å². The smallest absolute Gasteiger partial charge is 0.212 e. The first-order valence-electron chi connectivity index (χ1n) is 2.50. The van der Waals surface area contributed by atoms with Crippen LogP contribution in [0.3, 0.4) is 0 Å². The Kier molecular flexibility index (Phi) is 4.30. The fraction of sp³-hybridized carbons (Fsp3) is 0.400. The molecule has 0 radical (unpaired) electrons. The predicted molar refractivity (Wildman–Crippen MR) is 36.0 cm³/mol. The van der Waals surface area contributed by atoms with Crippen molar-refractivity contribution in [2.24, 2.45) is 4.99 Å². The molecule has 2 N–H and O–H groups in total. The minimum atomic E-state index is 0.384. The molecule has 0 saturated carbocycles. The molecule has 0 atom stereocenters. The molecule has 4 heteroatoms. The van der Waals surface area contributed by atoms with Crippen molar-refractivity contribution in [1.82, 2.24) is 5.32 Å². The molecular weight excluding hydrogens is 118 g/mol. The van der Waals surface area contributed by atoms with Gasteiger partial charge in [-0.15, -0.1) is 0 Å². The second-order valence-corrected chi connectivity index (χ2v) is 1.34. The molecule has 4 nitrogen and oxygen atoms in total. The lowest BCUT2D eigenvalue weighted by Gasteiger charge is -1.95. The van der Waals surface area contributed by atoms with Gasteiger partial charge in [-0.25, -0.2) is 0 Å². The molecule has 0 saturated heterocycles. The van der Waals surface area contributed by atoms with Gasteiger partial charge in [-0.05, 0) is 0 Å². The Balaban J connectivity index is 3.68. The van der Waals surface area contributed by atoms with Crippen LogP contribution in [0.5, 0.6) is 0 Å². The van der Waals surface area contributed by atoms with E-state index in [1.807, 2.05) is 0 Å². The molecular formula is C5H9N3O. The molecule has 0 heterocycles. The Bertz CT molecular complexity index is 118. The molecule has 1 amide bonds. The first-order valence-corrected chi connectivity index (χ1v) is 2.50. The van der Waals surface area contributed by atoms with Gasteiger partial charge in [-0.3, -0.25) is 9.79 Å². The quantitative estimate of drug-likeness (QED) is 0.308. The van der Waals surface area contributed by atoms with Gasteiger partial charge in [-0.2, -0.15) is 0 Å². The van der Waals surface area contributed by atoms with E-state index in [9.17, 15) is 4.79 Å². The highest BCUT2D eigenvalue weighted by molar-refractivity contribution is 5.98. The van der Waals surface area contributed by atoms with Crippen molar-refractivity contribution in [3.8, 4) is 0 Å². The van der Waals surface area contributed by atoms with Crippen molar-refractivity contribution in [3.63, 3.8) is 0 Å². The van der Waals surface area contributed by atoms with Gasteiger partial charge >= 0.3 is 0 Å². The Morgan fingerprint density at radius 3 is 2.89 bits per heavy atom. The average Bonchev–Trinajstić information content (AvgIpc) is 1.88. The predicted octanol–water partition coefficient (Wildman–Crippen LogP) is -0.200. The molecule has 0 aliphatic heterocycles. The van der Waals surface area contributed by atoms with Crippen LogP contribution < -0.4 is 5.32 Å². The molecule has 0 aromatic carbocycles. The molecule has 0 aromatic rings. The van der Waals surface area contributed by atoms with Crippen molar-refractivity contribution in [1.29, 1.82) is 5.41 Å². The highest BCUT2D eigenvalue weighted by Gasteiger charge is 1.89. The highest BCUT2D eigenvalue weighted by atomic mass is 16.1. The largest absolute Gasteiger partial charge is 0.317 e. The molecule has 9 heavy (non-hydrogen) atoms. The van der Waals surface area contributed by atoms with Gasteiger partial charge in [0.2, 0.25) is 6.41 Å². The zero-order chi connectivity index (χ0) is 7.11. The van der Waals surface area contributed by atoms with Crippen LogP contribution in [0.4, 0.5) is 0 Å². The molecule has 0 spiro atoms. The van der Waals surface area contributed by atoms with E-state index in [0.717, 1.165) is 0 Å². The third-order valence-corrected chi connectivity index (χ3v) is 0.791. The van der Waals surface area contributed by atoms with Crippen LogP contribution in [0, 0.1) is 5.41 Å². The minimum absolute atomic E-state index is 0.384. The standard InChI is InChI=1S/C5H9N3O/c1-7-5(2-3-6)8-4-9/h3-4,6H,2H2,1H3,(H,7,8,9). The molecule has 0 unspecified atom stereocenters. The fourth-order valence-corrected chi connectivity index (χ4v) is 0.379. The van der Waals surface area contributed by atoms with Crippen LogP contribution in [-0.2, 0) is 4.79 Å². The number of amidine groups is 1. The summed E-state index contributed by atoms with van der Waals surface area (Å²) >= 11 is 0. The van der Waals surface area contributed by atoms with Gasteiger partial charge in [-0.1, -0.05) is 0 Å². The normalized spacial score (nSPS) is 10.6. The first kappa shape index (κ1) is 7.81. The number of nitrogens with one attached hydrogen (secondary N) is 2. The van der Waals surface area contributed by atoms with E-state index >= 15 is 0 Å². The van der Waals surface area contributed by atoms with Gasteiger partial charge < -0.3 is 10.7 Å². The topological polar surface area (TPSA) is 65.3 Å². The maximum absolute atomic E-state index is 9.78. The summed E-state index contributed by atoms with van der Waals surface area (Å²) in [4.78, 5) is 13.5. The molecule has 0 rings (SSSR count). The zero-order valence-corrected chi connectivity index (χ0v) is 5.22. The third kappa shape index (κ3) is 3.40. The van der Waals surface area contributed by atoms with Crippen LogP contribution >= 0.6 is 0 Å². The van der Waals surface area contributed by atoms with Crippen molar-refractivity contribution in [2.75, 3.05) is 7.05 Å². The molecule has 0 aliphatic rings. The lowest BCUT2D eigenvalue weighted by atomic mass is 10.4. The SMILES string of the molecule is CN=C(CC=N)NC=O. The Morgan fingerprint density at radius 1 is 1.89 bits per heavy atom. The van der Waals surface area contributed by atoms with Crippen LogP contribution in [0.2, 0.25) is 0 Å². The Hall–Kier alpha value is -1.19. The van der Waals surface area contributed by atoms with Gasteiger partial charge in [0.15, 0.2) is 0 Å². The van der Waals surface area contributed by atoms with E-state index in [0.29, 0.717) is 18.7 Å². The monoisotopic (exact) mass is 127 g/mol. The number of carbonyl (C=O) groups excluding carboxylic acids is 1. The Morgan fingerprint density at radius 2 is 2.56 bits per heavy atom. The molecule has 0 aliphatic carbocycles. The minimum Gasteiger partial charge on any atom is -0.317 e. The highest BCUT2D eigenvalue weighted by Crippen LogP contribution is 1.74. The van der Waals surface area contributed by atoms with E-state index < -0.39 is 0 Å². The van der Waals surface area contributed by atoms with Crippen LogP contribution in [0.25, 0.3) is 0 Å². The number of amides is 1. The molecule has 0 bridgehead atoms. The maximum Gasteiger partial charge on any atom is 0.212 e. The van der Waals surface area contributed by atoms with Gasteiger partial charge in [0.05, 0.1) is 0 Å². The van der Waals surface area contributed by atoms with E-state index in [4.69, 9.17) is 5.41 Å². The number of nitrogens with zero attached hydrogens (tertiary/aromatic N) is 1. The van der Waals surface area contributed by atoms with E-state index in [1.54, 1.807) is 7.05 Å². The number of rotatable bonds is 3. The van der Waals surface area contributed by atoms with Crippen molar-refractivity contribution < 1.29 is 4.79 Å². The van der Waals surface area contributed by atoms with Gasteiger partial charge in [0.1, 0.15) is 5.84 Å². The summed E-state index contributed by atoms with van der Waals surface area (Å²) in [5.41, 5.74) is 0. The van der Waals surface area contributed by atoms with E-state index in [2.05, 4.69) is 10.3 Å². The van der Waals surface area contributed by atoms with Gasteiger partial charge in [0, 0.05) is 19.7 Å². The summed E-state index contributed by atoms with van der Waals surface area (Å²) in [6.07, 6.45) is 2.11. The lowest BCUT2D eigenvalue weighted by Crippen LogP contribution is -2.21. The number of aliphatic imine (C=N–C) groups is 1. The Labute approximate surface area is 53.5 Å². The summed E-state index contributed by atoms with van der Waals surface area (Å²) < 4.78 is 0. The number of carbonyl (C=O) groups is 1. The van der Waals surface area contributed by atoms with Crippen molar-refractivity contribution in [3.05, 3.63) is 0 Å². The fourth-order valence-electron chi connectivity index (χ4n) is 0.379. The first-order chi connectivity index (χ1) is 4.35. The lowest BCUT2D eigenvalue weighted by molar-refractivity contribution is -0.108. The van der Waals surface area contributed by atoms with E-state index in [1.165, 1.54) is 6.21 Å². The zero-order valence-electron chi connectivity index (χ0n) is 5.22. The third-order valence-electron chi connectivity index (χ3n) is 0.791. The molecule has 50 valence electrons. The van der Waals surface area contributed by atoms with Gasteiger partial charge in [0.25, 0.3) is 0 Å². The summed E-state index contributed by atoms with van der Waals surface area (Å²) in [5.74, 6) is 0.514. The molecule has 0 aromatic heterocycles. The van der Waals surface area contributed by atoms with E-state index in [-0.39, 0.29) is 0 Å². The van der Waals surface area contributed by atoms with Crippen LogP contribution in [-0.4, -0.2) is 25.5 Å². The summed E-state index contributed by atoms with van der Waals surface area (Å²) in [6, 6.07) is 0. The number of hydrogen-bond donors (Lipinski definition) is 2. The second kappa shape index (κ2) is 4.96. The van der Waals surface area contributed by atoms with Crippen molar-refractivity contribution >= 4 is 18.5 Å². The molecule has 0 fully saturated rings. The van der Waals surface area contributed by atoms with Crippen molar-refractivity contribution in [2.45, 2.75) is 6.42 Å². The second-order valence-electron chi connectivity index (χ2n) is 1.34. The number of hydrogen-bond acceptors (Lipinski definition) is 3. The summed E-state index contributed by atoms with van der Waals surface area (Å²) in [6.45, 7) is 0. The average molecular weight is 127 g/mol.